The average molecular weight is 241 g/mol. The molecule has 6 nitrogen and oxygen atoms in total. The lowest BCUT2D eigenvalue weighted by Gasteiger charge is -2.05. The first kappa shape index (κ1) is 10.5. The van der Waals surface area contributed by atoms with Crippen LogP contribution in [0.2, 0.25) is 0 Å². The van der Waals surface area contributed by atoms with Crippen molar-refractivity contribution < 1.29 is 4.74 Å². The van der Waals surface area contributed by atoms with Crippen molar-refractivity contribution in [3.63, 3.8) is 0 Å². The average Bonchev–Trinajstić information content (AvgIpc) is 2.82. The summed E-state index contributed by atoms with van der Waals surface area (Å²) in [4.78, 5) is 4.12. The van der Waals surface area contributed by atoms with Gasteiger partial charge in [0, 0.05) is 18.0 Å². The van der Waals surface area contributed by atoms with E-state index in [1.54, 1.807) is 17.7 Å². The van der Waals surface area contributed by atoms with Crippen molar-refractivity contribution in [2.75, 3.05) is 12.8 Å². The predicted octanol–water partition coefficient (Wildman–Crippen LogP) is 1.38. The first-order valence-corrected chi connectivity index (χ1v) is 5.39. The number of aromatic nitrogens is 4. The van der Waals surface area contributed by atoms with Gasteiger partial charge in [0.2, 0.25) is 0 Å². The fraction of sp³-hybridized carbons (Fsp3) is 0.0833. The summed E-state index contributed by atoms with van der Waals surface area (Å²) in [7, 11) is 1.59. The van der Waals surface area contributed by atoms with Crippen molar-refractivity contribution >= 4 is 11.5 Å². The molecule has 6 heteroatoms. The second kappa shape index (κ2) is 3.99. The largest absolute Gasteiger partial charge is 0.495 e. The normalized spacial score (nSPS) is 10.7. The summed E-state index contributed by atoms with van der Waals surface area (Å²) in [5, 5.41) is 8.11. The van der Waals surface area contributed by atoms with E-state index in [2.05, 4.69) is 15.2 Å². The lowest BCUT2D eigenvalue weighted by molar-refractivity contribution is 0.417. The maximum atomic E-state index is 5.88. The highest BCUT2D eigenvalue weighted by Crippen LogP contribution is 2.27. The number of nitrogen functional groups attached to an aromatic ring is 1. The van der Waals surface area contributed by atoms with Gasteiger partial charge in [0.25, 0.3) is 5.78 Å². The van der Waals surface area contributed by atoms with Crippen molar-refractivity contribution in [1.82, 2.24) is 19.6 Å². The molecule has 2 N–H and O–H groups in total. The molecule has 0 radical (unpaired) electrons. The Morgan fingerprint density at radius 3 is 2.94 bits per heavy atom. The van der Waals surface area contributed by atoms with Crippen LogP contribution in [-0.2, 0) is 0 Å². The highest BCUT2D eigenvalue weighted by atomic mass is 16.5. The molecular weight excluding hydrogens is 230 g/mol. The van der Waals surface area contributed by atoms with Gasteiger partial charge < -0.3 is 10.5 Å². The van der Waals surface area contributed by atoms with E-state index in [1.807, 2.05) is 30.5 Å². The Balaban J connectivity index is 2.17. The molecule has 3 aromatic rings. The van der Waals surface area contributed by atoms with Crippen molar-refractivity contribution in [2.45, 2.75) is 0 Å². The quantitative estimate of drug-likeness (QED) is 0.686. The van der Waals surface area contributed by atoms with Crippen LogP contribution in [0, 0.1) is 0 Å². The van der Waals surface area contributed by atoms with E-state index in [9.17, 15) is 0 Å². The van der Waals surface area contributed by atoms with Gasteiger partial charge in [0.05, 0.1) is 12.8 Å². The topological polar surface area (TPSA) is 78.3 Å². The molecule has 0 unspecified atom stereocenters. The second-order valence-corrected chi connectivity index (χ2v) is 3.77. The van der Waals surface area contributed by atoms with E-state index < -0.39 is 0 Å². The molecule has 0 atom stereocenters. The third-order valence-electron chi connectivity index (χ3n) is 2.68. The van der Waals surface area contributed by atoms with Crippen molar-refractivity contribution in [2.24, 2.45) is 0 Å². The van der Waals surface area contributed by atoms with E-state index in [-0.39, 0.29) is 0 Å². The third-order valence-corrected chi connectivity index (χ3v) is 2.68. The molecular formula is C12H11N5O. The number of fused-ring (bicyclic) bond motifs is 1. The minimum absolute atomic E-state index is 0.557. The monoisotopic (exact) mass is 241 g/mol. The van der Waals surface area contributed by atoms with E-state index in [0.717, 1.165) is 5.56 Å². The molecule has 0 aliphatic carbocycles. The maximum Gasteiger partial charge on any atom is 0.255 e. The summed E-state index contributed by atoms with van der Waals surface area (Å²) in [6.45, 7) is 0. The summed E-state index contributed by atoms with van der Waals surface area (Å²) in [6, 6.07) is 7.33. The molecule has 0 saturated heterocycles. The Hall–Kier alpha value is -2.63. The number of anilines is 1. The molecule has 0 spiro atoms. The van der Waals surface area contributed by atoms with Crippen LogP contribution >= 0.6 is 0 Å². The number of rotatable bonds is 2. The van der Waals surface area contributed by atoms with Gasteiger partial charge in [-0.1, -0.05) is 0 Å². The van der Waals surface area contributed by atoms with Crippen LogP contribution in [0.5, 0.6) is 5.75 Å². The molecule has 3 rings (SSSR count). The van der Waals surface area contributed by atoms with Gasteiger partial charge in [0.1, 0.15) is 5.75 Å². The zero-order valence-electron chi connectivity index (χ0n) is 9.74. The number of methoxy groups -OCH3 is 1. The van der Waals surface area contributed by atoms with E-state index in [4.69, 9.17) is 10.5 Å². The lowest BCUT2D eigenvalue weighted by atomic mass is 10.2. The summed E-state index contributed by atoms with van der Waals surface area (Å²) in [5.74, 6) is 1.90. The molecule has 0 saturated carbocycles. The minimum atomic E-state index is 0.557. The number of benzene rings is 1. The number of nitrogens with zero attached hydrogens (tertiary/aromatic N) is 4. The van der Waals surface area contributed by atoms with E-state index in [0.29, 0.717) is 23.0 Å². The first-order chi connectivity index (χ1) is 8.79. The molecule has 0 bridgehead atoms. The fourth-order valence-corrected chi connectivity index (χ4v) is 1.81. The van der Waals surface area contributed by atoms with E-state index >= 15 is 0 Å². The Morgan fingerprint density at radius 1 is 1.28 bits per heavy atom. The van der Waals surface area contributed by atoms with Crippen molar-refractivity contribution in [3.8, 4) is 17.1 Å². The highest BCUT2D eigenvalue weighted by molar-refractivity contribution is 5.67. The third kappa shape index (κ3) is 1.55. The Morgan fingerprint density at radius 2 is 2.17 bits per heavy atom. The van der Waals surface area contributed by atoms with Gasteiger partial charge in [-0.05, 0) is 24.3 Å². The van der Waals surface area contributed by atoms with Crippen LogP contribution in [-0.4, -0.2) is 26.7 Å². The van der Waals surface area contributed by atoms with Crippen LogP contribution in [0.3, 0.4) is 0 Å². The number of hydrogen-bond donors (Lipinski definition) is 1. The maximum absolute atomic E-state index is 5.88. The lowest BCUT2D eigenvalue weighted by Crippen LogP contribution is -1.95. The summed E-state index contributed by atoms with van der Waals surface area (Å²) in [6.07, 6.45) is 3.54. The Kier molecular flexibility index (Phi) is 2.33. The fourth-order valence-electron chi connectivity index (χ4n) is 1.81. The number of nitrogens with two attached hydrogens (primary N) is 1. The van der Waals surface area contributed by atoms with Crippen LogP contribution in [0.1, 0.15) is 0 Å². The molecule has 0 fully saturated rings. The zero-order chi connectivity index (χ0) is 12.5. The second-order valence-electron chi connectivity index (χ2n) is 3.77. The molecule has 0 amide bonds. The van der Waals surface area contributed by atoms with Gasteiger partial charge in [-0.15, -0.1) is 10.2 Å². The SMILES string of the molecule is COc1ccc(-c2nnc3ncccn23)cc1N. The number of hydrogen-bond acceptors (Lipinski definition) is 5. The van der Waals surface area contributed by atoms with Crippen molar-refractivity contribution in [1.29, 1.82) is 0 Å². The smallest absolute Gasteiger partial charge is 0.255 e. The van der Waals surface area contributed by atoms with Crippen LogP contribution in [0.15, 0.2) is 36.7 Å². The molecule has 90 valence electrons. The Labute approximate surface area is 103 Å². The van der Waals surface area contributed by atoms with Gasteiger partial charge in [0.15, 0.2) is 5.82 Å². The molecule has 1 aromatic carbocycles. The van der Waals surface area contributed by atoms with Crippen LogP contribution < -0.4 is 10.5 Å². The molecule has 0 aliphatic rings. The summed E-state index contributed by atoms with van der Waals surface area (Å²) < 4.78 is 6.93. The number of ether oxygens (including phenoxy) is 1. The summed E-state index contributed by atoms with van der Waals surface area (Å²) >= 11 is 0. The molecule has 2 heterocycles. The van der Waals surface area contributed by atoms with Gasteiger partial charge in [-0.3, -0.25) is 4.40 Å². The van der Waals surface area contributed by atoms with Crippen LogP contribution in [0.4, 0.5) is 5.69 Å². The standard InChI is InChI=1S/C12H11N5O/c1-18-10-4-3-8(7-9(10)13)11-15-16-12-14-5-2-6-17(11)12/h2-7H,13H2,1H3. The van der Waals surface area contributed by atoms with Gasteiger partial charge in [-0.2, -0.15) is 0 Å². The molecule has 18 heavy (non-hydrogen) atoms. The first-order valence-electron chi connectivity index (χ1n) is 5.39. The van der Waals surface area contributed by atoms with Gasteiger partial charge in [-0.25, -0.2) is 4.98 Å². The van der Waals surface area contributed by atoms with Crippen molar-refractivity contribution in [3.05, 3.63) is 36.7 Å². The predicted molar refractivity (Wildman–Crippen MR) is 67.2 cm³/mol. The zero-order valence-corrected chi connectivity index (χ0v) is 9.74. The van der Waals surface area contributed by atoms with Crippen LogP contribution in [0.25, 0.3) is 17.2 Å². The highest BCUT2D eigenvalue weighted by Gasteiger charge is 2.09. The Bertz CT molecular complexity index is 707. The van der Waals surface area contributed by atoms with Gasteiger partial charge >= 0.3 is 0 Å². The molecule has 0 aliphatic heterocycles. The minimum Gasteiger partial charge on any atom is -0.495 e. The van der Waals surface area contributed by atoms with E-state index in [1.165, 1.54) is 0 Å². The summed E-state index contributed by atoms with van der Waals surface area (Å²) in [5.41, 5.74) is 7.32. The molecule has 2 aromatic heterocycles.